The number of carbonyl (C=O) groups excluding carboxylic acids is 3. The van der Waals surface area contributed by atoms with Gasteiger partial charge in [-0.25, -0.2) is 4.79 Å². The molecule has 2 aliphatic rings. The molecule has 230 valence electrons. The smallest absolute Gasteiger partial charge is 0.337 e. The molecule has 3 aromatic carbocycles. The predicted octanol–water partition coefficient (Wildman–Crippen LogP) is 5.80. The van der Waals surface area contributed by atoms with Crippen LogP contribution < -0.4 is 10.2 Å². The molecule has 0 aliphatic carbocycles. The van der Waals surface area contributed by atoms with Gasteiger partial charge in [0.25, 0.3) is 5.91 Å². The number of nitrogens with zero attached hydrogens (tertiary/aromatic N) is 3. The molecule has 0 bridgehead atoms. The Morgan fingerprint density at radius 1 is 0.955 bits per heavy atom. The van der Waals surface area contributed by atoms with E-state index in [-0.39, 0.29) is 18.2 Å². The number of methoxy groups -OCH3 is 1. The first-order valence-electron chi connectivity index (χ1n) is 15.0. The number of rotatable bonds is 11. The summed E-state index contributed by atoms with van der Waals surface area (Å²) >= 11 is 11.9. The first-order chi connectivity index (χ1) is 21.3. The van der Waals surface area contributed by atoms with Gasteiger partial charge in [0.2, 0.25) is 5.91 Å². The average molecular weight is 633 g/mol. The van der Waals surface area contributed by atoms with Gasteiger partial charge in [-0.05, 0) is 118 Å². The molecular weight excluding hydrogens is 596 g/mol. The van der Waals surface area contributed by atoms with Crippen molar-refractivity contribution in [1.82, 2.24) is 9.80 Å². The molecule has 44 heavy (non-hydrogen) atoms. The second-order valence-electron chi connectivity index (χ2n) is 11.3. The summed E-state index contributed by atoms with van der Waals surface area (Å²) in [5.74, 6) is -0.317. The number of carbonyl (C=O) groups is 3. The largest absolute Gasteiger partial charge is 0.465 e. The minimum atomic E-state index is -0.732. The van der Waals surface area contributed by atoms with E-state index in [9.17, 15) is 14.4 Å². The molecule has 10 heteroatoms. The second-order valence-corrected chi connectivity index (χ2v) is 12.1. The molecule has 2 heterocycles. The molecule has 1 N–H and O–H groups in total. The first kappa shape index (κ1) is 31.6. The standard InChI is InChI=1S/C34H37ClN4O4S/c1-43-33(42)26-8-12-28(13-9-26)36-31(40)23-30-32(41)39(29-14-10-27(35)11-15-29)34(44)38(30)19-5-18-37-20-16-25(17-21-37)22-24-6-3-2-4-7-24/h2-4,6-15,25,30H,5,16-23H2,1H3,(H,36,40)/t30-/m0/s1. The number of hydrogen-bond acceptors (Lipinski definition) is 6. The third kappa shape index (κ3) is 7.83. The van der Waals surface area contributed by atoms with Gasteiger partial charge < -0.3 is 19.9 Å². The number of piperidine rings is 1. The van der Waals surface area contributed by atoms with E-state index in [1.54, 1.807) is 48.5 Å². The highest BCUT2D eigenvalue weighted by atomic mass is 35.5. The van der Waals surface area contributed by atoms with E-state index >= 15 is 0 Å². The van der Waals surface area contributed by atoms with Crippen LogP contribution in [0.15, 0.2) is 78.9 Å². The van der Waals surface area contributed by atoms with Crippen molar-refractivity contribution in [3.8, 4) is 0 Å². The van der Waals surface area contributed by atoms with E-state index in [0.717, 1.165) is 32.5 Å². The molecule has 2 saturated heterocycles. The number of amides is 2. The Morgan fingerprint density at radius 3 is 2.30 bits per heavy atom. The van der Waals surface area contributed by atoms with E-state index < -0.39 is 12.0 Å². The lowest BCUT2D eigenvalue weighted by Crippen LogP contribution is -2.40. The summed E-state index contributed by atoms with van der Waals surface area (Å²) in [6.07, 6.45) is 4.22. The molecule has 1 atom stereocenters. The van der Waals surface area contributed by atoms with Crippen LogP contribution in [-0.2, 0) is 20.7 Å². The summed E-state index contributed by atoms with van der Waals surface area (Å²) in [4.78, 5) is 44.5. The zero-order valence-electron chi connectivity index (χ0n) is 24.8. The molecule has 3 aromatic rings. The summed E-state index contributed by atoms with van der Waals surface area (Å²) < 4.78 is 4.73. The van der Waals surface area contributed by atoms with Gasteiger partial charge in [0, 0.05) is 17.3 Å². The lowest BCUT2D eigenvalue weighted by atomic mass is 9.90. The summed E-state index contributed by atoms with van der Waals surface area (Å²) in [7, 11) is 1.31. The number of anilines is 2. The Bertz CT molecular complexity index is 1460. The zero-order valence-corrected chi connectivity index (χ0v) is 26.4. The van der Waals surface area contributed by atoms with Crippen molar-refractivity contribution in [3.05, 3.63) is 95.0 Å². The van der Waals surface area contributed by atoms with Gasteiger partial charge in [0.05, 0.1) is 24.8 Å². The van der Waals surface area contributed by atoms with Crippen molar-refractivity contribution >= 4 is 58.1 Å². The fraction of sp³-hybridized carbons (Fsp3) is 0.353. The third-order valence-electron chi connectivity index (χ3n) is 8.32. The van der Waals surface area contributed by atoms with Crippen LogP contribution in [0.5, 0.6) is 0 Å². The van der Waals surface area contributed by atoms with Crippen LogP contribution in [0.25, 0.3) is 0 Å². The maximum atomic E-state index is 13.7. The molecule has 0 unspecified atom stereocenters. The molecule has 8 nitrogen and oxygen atoms in total. The lowest BCUT2D eigenvalue weighted by Gasteiger charge is -2.33. The van der Waals surface area contributed by atoms with Gasteiger partial charge in [-0.2, -0.15) is 0 Å². The van der Waals surface area contributed by atoms with Crippen molar-refractivity contribution in [3.63, 3.8) is 0 Å². The highest BCUT2D eigenvalue weighted by molar-refractivity contribution is 7.80. The molecule has 2 fully saturated rings. The fourth-order valence-corrected chi connectivity index (χ4v) is 6.48. The van der Waals surface area contributed by atoms with Crippen LogP contribution in [-0.4, -0.2) is 72.0 Å². The van der Waals surface area contributed by atoms with Crippen molar-refractivity contribution in [2.24, 2.45) is 5.92 Å². The van der Waals surface area contributed by atoms with E-state index in [1.165, 1.54) is 30.4 Å². The molecule has 0 radical (unpaired) electrons. The highest BCUT2D eigenvalue weighted by Gasteiger charge is 2.44. The van der Waals surface area contributed by atoms with Crippen LogP contribution in [0.3, 0.4) is 0 Å². The Kier molecular flexibility index (Phi) is 10.6. The Hall–Kier alpha value is -3.79. The summed E-state index contributed by atoms with van der Waals surface area (Å²) in [5.41, 5.74) is 2.92. The molecular formula is C34H37ClN4O4S. The zero-order chi connectivity index (χ0) is 31.1. The van der Waals surface area contributed by atoms with Crippen molar-refractivity contribution < 1.29 is 19.1 Å². The number of benzene rings is 3. The number of thiocarbonyl (C=S) groups is 1. The van der Waals surface area contributed by atoms with E-state index in [0.29, 0.717) is 39.5 Å². The van der Waals surface area contributed by atoms with Crippen LogP contribution >= 0.6 is 23.8 Å². The van der Waals surface area contributed by atoms with Crippen molar-refractivity contribution in [2.45, 2.75) is 38.1 Å². The SMILES string of the molecule is COC(=O)c1ccc(NC(=O)C[C@H]2C(=O)N(c3ccc(Cl)cc3)C(=S)N2CCCN2CCC(Cc3ccccc3)CC2)cc1. The monoisotopic (exact) mass is 632 g/mol. The van der Waals surface area contributed by atoms with E-state index in [4.69, 9.17) is 28.6 Å². The maximum Gasteiger partial charge on any atom is 0.337 e. The van der Waals surface area contributed by atoms with Crippen LogP contribution in [0.1, 0.15) is 41.6 Å². The molecule has 2 amide bonds. The number of nitrogens with one attached hydrogen (secondary N) is 1. The Labute approximate surface area is 268 Å². The number of likely N-dealkylation sites (tertiary alicyclic amines) is 1. The van der Waals surface area contributed by atoms with Crippen molar-refractivity contribution in [1.29, 1.82) is 0 Å². The highest BCUT2D eigenvalue weighted by Crippen LogP contribution is 2.29. The molecule has 0 spiro atoms. The maximum absolute atomic E-state index is 13.7. The quantitative estimate of drug-likeness (QED) is 0.211. The minimum Gasteiger partial charge on any atom is -0.465 e. The topological polar surface area (TPSA) is 82.2 Å². The van der Waals surface area contributed by atoms with Crippen molar-refractivity contribution in [2.75, 3.05) is 43.5 Å². The van der Waals surface area contributed by atoms with Gasteiger partial charge in [-0.15, -0.1) is 0 Å². The van der Waals surface area contributed by atoms with E-state index in [1.807, 2.05) is 4.90 Å². The molecule has 0 aromatic heterocycles. The normalized spacial score (nSPS) is 17.6. The van der Waals surface area contributed by atoms with Crippen LogP contribution in [0, 0.1) is 5.92 Å². The summed E-state index contributed by atoms with van der Waals surface area (Å²) in [6, 6.07) is 23.3. The summed E-state index contributed by atoms with van der Waals surface area (Å²) in [6.45, 7) is 3.57. The molecule has 0 saturated carbocycles. The Morgan fingerprint density at radius 2 is 1.64 bits per heavy atom. The van der Waals surface area contributed by atoms with Gasteiger partial charge in [0.15, 0.2) is 5.11 Å². The number of ether oxygens (including phenoxy) is 1. The minimum absolute atomic E-state index is 0.0628. The summed E-state index contributed by atoms with van der Waals surface area (Å²) in [5, 5.41) is 3.79. The second kappa shape index (κ2) is 14.8. The van der Waals surface area contributed by atoms with Gasteiger partial charge >= 0.3 is 5.97 Å². The predicted molar refractivity (Wildman–Crippen MR) is 177 cm³/mol. The fourth-order valence-electron chi connectivity index (χ4n) is 5.94. The first-order valence-corrected chi connectivity index (χ1v) is 15.8. The third-order valence-corrected chi connectivity index (χ3v) is 8.99. The van der Waals surface area contributed by atoms with E-state index in [2.05, 4.69) is 40.5 Å². The molecule has 5 rings (SSSR count). The Balaban J connectivity index is 1.20. The molecule has 2 aliphatic heterocycles. The number of hydrogen-bond donors (Lipinski definition) is 1. The van der Waals surface area contributed by atoms with Crippen LogP contribution in [0.4, 0.5) is 11.4 Å². The lowest BCUT2D eigenvalue weighted by molar-refractivity contribution is -0.124. The van der Waals surface area contributed by atoms with Crippen LogP contribution in [0.2, 0.25) is 5.02 Å². The van der Waals surface area contributed by atoms with Gasteiger partial charge in [-0.1, -0.05) is 41.9 Å². The average Bonchev–Trinajstić information content (AvgIpc) is 3.26. The van der Waals surface area contributed by atoms with Gasteiger partial charge in [-0.3, -0.25) is 14.5 Å². The number of esters is 1. The number of halogens is 1. The van der Waals surface area contributed by atoms with Gasteiger partial charge in [0.1, 0.15) is 6.04 Å².